The topological polar surface area (TPSA) is 64.3 Å². The Morgan fingerprint density at radius 1 is 0.816 bits per heavy atom. The van der Waals surface area contributed by atoms with Crippen molar-refractivity contribution in [2.75, 3.05) is 27.4 Å². The SMILES string of the molecule is COc1ccc(C(O)(c2ccc(OC)cc2)c2ccc(CN(Cc3ccccc3)CC3CCCO3)o2)cc1. The first-order chi connectivity index (χ1) is 18.6. The molecule has 0 amide bonds. The second kappa shape index (κ2) is 11.9. The summed E-state index contributed by atoms with van der Waals surface area (Å²) in [4.78, 5) is 2.35. The lowest BCUT2D eigenvalue weighted by Gasteiger charge is -2.28. The normalized spacial score (nSPS) is 15.6. The predicted octanol–water partition coefficient (Wildman–Crippen LogP) is 5.76. The molecular formula is C32H35NO5. The summed E-state index contributed by atoms with van der Waals surface area (Å²) in [5.74, 6) is 2.68. The third kappa shape index (κ3) is 5.78. The maximum atomic E-state index is 12.3. The van der Waals surface area contributed by atoms with E-state index in [1.807, 2.05) is 66.7 Å². The molecule has 5 rings (SSSR count). The van der Waals surface area contributed by atoms with E-state index < -0.39 is 5.60 Å². The number of furan rings is 1. The van der Waals surface area contributed by atoms with Gasteiger partial charge in [-0.3, -0.25) is 4.90 Å². The summed E-state index contributed by atoms with van der Waals surface area (Å²) in [5, 5.41) is 12.3. The van der Waals surface area contributed by atoms with Crippen LogP contribution >= 0.6 is 0 Å². The van der Waals surface area contributed by atoms with Crippen molar-refractivity contribution in [3.05, 3.63) is 119 Å². The van der Waals surface area contributed by atoms with E-state index in [2.05, 4.69) is 29.2 Å². The van der Waals surface area contributed by atoms with Gasteiger partial charge in [-0.05, 0) is 65.9 Å². The molecule has 0 bridgehead atoms. The molecule has 198 valence electrons. The molecule has 1 aromatic heterocycles. The van der Waals surface area contributed by atoms with Gasteiger partial charge in [-0.1, -0.05) is 54.6 Å². The van der Waals surface area contributed by atoms with Crippen LogP contribution in [0.2, 0.25) is 0 Å². The maximum Gasteiger partial charge on any atom is 0.173 e. The van der Waals surface area contributed by atoms with Crippen LogP contribution in [-0.4, -0.2) is 43.5 Å². The Labute approximate surface area is 224 Å². The third-order valence-electron chi connectivity index (χ3n) is 7.15. The standard InChI is InChI=1S/C32H35NO5/c1-35-27-14-10-25(11-15-27)32(34,26-12-16-28(36-2)17-13-26)31-19-18-30(38-31)23-33(22-29-9-6-20-37-29)21-24-7-4-3-5-8-24/h3-5,7-8,10-19,29,34H,6,9,20-23H2,1-2H3. The molecule has 6 heteroatoms. The van der Waals surface area contributed by atoms with Crippen LogP contribution in [0.4, 0.5) is 0 Å². The summed E-state index contributed by atoms with van der Waals surface area (Å²) in [6, 6.07) is 29.1. The van der Waals surface area contributed by atoms with Crippen molar-refractivity contribution in [1.82, 2.24) is 4.90 Å². The van der Waals surface area contributed by atoms with Crippen LogP contribution in [0.1, 0.15) is 41.1 Å². The van der Waals surface area contributed by atoms with Crippen LogP contribution < -0.4 is 9.47 Å². The minimum atomic E-state index is -1.49. The third-order valence-corrected chi connectivity index (χ3v) is 7.15. The number of hydrogen-bond donors (Lipinski definition) is 1. The number of aliphatic hydroxyl groups is 1. The van der Waals surface area contributed by atoms with Gasteiger partial charge >= 0.3 is 0 Å². The zero-order chi connectivity index (χ0) is 26.4. The zero-order valence-corrected chi connectivity index (χ0v) is 22.0. The van der Waals surface area contributed by atoms with Crippen molar-refractivity contribution in [2.24, 2.45) is 0 Å². The monoisotopic (exact) mass is 513 g/mol. The lowest BCUT2D eigenvalue weighted by Crippen LogP contribution is -2.31. The molecule has 1 N–H and O–H groups in total. The molecule has 2 heterocycles. The smallest absolute Gasteiger partial charge is 0.173 e. The summed E-state index contributed by atoms with van der Waals surface area (Å²) >= 11 is 0. The number of ether oxygens (including phenoxy) is 3. The van der Waals surface area contributed by atoms with Crippen LogP contribution in [0, 0.1) is 0 Å². The first-order valence-corrected chi connectivity index (χ1v) is 13.1. The van der Waals surface area contributed by atoms with Crippen LogP contribution in [-0.2, 0) is 23.4 Å². The van der Waals surface area contributed by atoms with E-state index in [9.17, 15) is 5.11 Å². The zero-order valence-electron chi connectivity index (χ0n) is 22.0. The molecule has 38 heavy (non-hydrogen) atoms. The molecular weight excluding hydrogens is 478 g/mol. The van der Waals surface area contributed by atoms with Crippen molar-refractivity contribution in [3.8, 4) is 11.5 Å². The molecule has 0 aliphatic carbocycles. The highest BCUT2D eigenvalue weighted by atomic mass is 16.5. The summed E-state index contributed by atoms with van der Waals surface area (Å²) in [6.07, 6.45) is 2.40. The molecule has 1 saturated heterocycles. The van der Waals surface area contributed by atoms with Crippen LogP contribution in [0.5, 0.6) is 11.5 Å². The quantitative estimate of drug-likeness (QED) is 0.275. The largest absolute Gasteiger partial charge is 0.497 e. The van der Waals surface area contributed by atoms with Gasteiger partial charge in [0.2, 0.25) is 0 Å². The summed E-state index contributed by atoms with van der Waals surface area (Å²) in [5.41, 5.74) is 1.12. The molecule has 1 unspecified atom stereocenters. The first-order valence-electron chi connectivity index (χ1n) is 13.1. The number of rotatable bonds is 11. The number of nitrogens with zero attached hydrogens (tertiary/aromatic N) is 1. The van der Waals surface area contributed by atoms with Crippen LogP contribution in [0.15, 0.2) is 95.4 Å². The predicted molar refractivity (Wildman–Crippen MR) is 146 cm³/mol. The van der Waals surface area contributed by atoms with E-state index in [1.165, 1.54) is 5.56 Å². The molecule has 0 radical (unpaired) electrons. The molecule has 1 aliphatic rings. The van der Waals surface area contributed by atoms with Crippen molar-refractivity contribution >= 4 is 0 Å². The highest BCUT2D eigenvalue weighted by Crippen LogP contribution is 2.39. The van der Waals surface area contributed by atoms with Crippen molar-refractivity contribution < 1.29 is 23.7 Å². The van der Waals surface area contributed by atoms with Gasteiger partial charge in [-0.2, -0.15) is 0 Å². The highest BCUT2D eigenvalue weighted by Gasteiger charge is 2.37. The van der Waals surface area contributed by atoms with E-state index in [1.54, 1.807) is 14.2 Å². The number of methoxy groups -OCH3 is 2. The Hall–Kier alpha value is -3.58. The molecule has 1 atom stereocenters. The first kappa shape index (κ1) is 26.0. The minimum Gasteiger partial charge on any atom is -0.497 e. The molecule has 0 saturated carbocycles. The van der Waals surface area contributed by atoms with Crippen LogP contribution in [0.25, 0.3) is 0 Å². The van der Waals surface area contributed by atoms with Gasteiger partial charge in [0.1, 0.15) is 23.0 Å². The molecule has 0 spiro atoms. The van der Waals surface area contributed by atoms with E-state index in [0.717, 1.165) is 49.8 Å². The summed E-state index contributed by atoms with van der Waals surface area (Å²) in [6.45, 7) is 3.05. The van der Waals surface area contributed by atoms with E-state index >= 15 is 0 Å². The van der Waals surface area contributed by atoms with Gasteiger partial charge in [0.25, 0.3) is 0 Å². The van der Waals surface area contributed by atoms with E-state index in [0.29, 0.717) is 23.4 Å². The van der Waals surface area contributed by atoms with Crippen molar-refractivity contribution in [1.29, 1.82) is 0 Å². The fourth-order valence-electron chi connectivity index (χ4n) is 5.10. The Morgan fingerprint density at radius 3 is 2.00 bits per heavy atom. The fraction of sp³-hybridized carbons (Fsp3) is 0.312. The molecule has 1 fully saturated rings. The molecule has 6 nitrogen and oxygen atoms in total. The number of hydrogen-bond acceptors (Lipinski definition) is 6. The second-order valence-electron chi connectivity index (χ2n) is 9.72. The molecule has 3 aromatic carbocycles. The molecule has 1 aliphatic heterocycles. The average Bonchev–Trinajstić information content (AvgIpc) is 3.66. The average molecular weight is 514 g/mol. The van der Waals surface area contributed by atoms with Gasteiger partial charge in [0.15, 0.2) is 5.60 Å². The van der Waals surface area contributed by atoms with Crippen LogP contribution in [0.3, 0.4) is 0 Å². The Morgan fingerprint density at radius 2 is 1.45 bits per heavy atom. The fourth-order valence-corrected chi connectivity index (χ4v) is 5.10. The summed E-state index contributed by atoms with van der Waals surface area (Å²) in [7, 11) is 3.25. The lowest BCUT2D eigenvalue weighted by atomic mass is 9.84. The van der Waals surface area contributed by atoms with Gasteiger partial charge < -0.3 is 23.7 Å². The minimum absolute atomic E-state index is 0.226. The molecule has 4 aromatic rings. The Bertz CT molecular complexity index is 1230. The van der Waals surface area contributed by atoms with Gasteiger partial charge in [-0.25, -0.2) is 0 Å². The van der Waals surface area contributed by atoms with Gasteiger partial charge in [0.05, 0.1) is 26.9 Å². The van der Waals surface area contributed by atoms with Crippen molar-refractivity contribution in [3.63, 3.8) is 0 Å². The Balaban J connectivity index is 1.45. The maximum absolute atomic E-state index is 12.3. The van der Waals surface area contributed by atoms with E-state index in [-0.39, 0.29) is 6.10 Å². The summed E-state index contributed by atoms with van der Waals surface area (Å²) < 4.78 is 23.0. The van der Waals surface area contributed by atoms with Gasteiger partial charge in [-0.15, -0.1) is 0 Å². The second-order valence-corrected chi connectivity index (χ2v) is 9.72. The van der Waals surface area contributed by atoms with Crippen molar-refractivity contribution in [2.45, 2.75) is 37.6 Å². The lowest BCUT2D eigenvalue weighted by molar-refractivity contribution is 0.0630. The van der Waals surface area contributed by atoms with Gasteiger partial charge in [0, 0.05) is 19.7 Å². The Kier molecular flexibility index (Phi) is 8.13. The van der Waals surface area contributed by atoms with E-state index in [4.69, 9.17) is 18.6 Å². The highest BCUT2D eigenvalue weighted by molar-refractivity contribution is 5.46. The number of benzene rings is 3.